The van der Waals surface area contributed by atoms with Crippen LogP contribution in [-0.4, -0.2) is 101 Å². The lowest BCUT2D eigenvalue weighted by Crippen LogP contribution is -2.24. The van der Waals surface area contributed by atoms with E-state index < -0.39 is 45.9 Å². The van der Waals surface area contributed by atoms with Crippen molar-refractivity contribution in [3.05, 3.63) is 290 Å². The van der Waals surface area contributed by atoms with Crippen molar-refractivity contribution in [2.24, 2.45) is 0 Å². The number of carboxylic acid groups (broad SMARTS) is 1. The van der Waals surface area contributed by atoms with E-state index in [1.54, 1.807) is 30.3 Å². The van der Waals surface area contributed by atoms with E-state index in [4.69, 9.17) is 125 Å². The Bertz CT molecular complexity index is 5750. The molecular formula is C96H102BrCl7N2O18S3. The number of carboxylic acids is 1. The van der Waals surface area contributed by atoms with Crippen molar-refractivity contribution in [3.63, 3.8) is 0 Å². The highest BCUT2D eigenvalue weighted by atomic mass is 79.9. The minimum atomic E-state index is -3.77. The number of anilines is 2. The van der Waals surface area contributed by atoms with Crippen molar-refractivity contribution >= 4 is 160 Å². The molecule has 0 amide bonds. The molecule has 20 nitrogen and oxygen atoms in total. The van der Waals surface area contributed by atoms with Gasteiger partial charge in [0.25, 0.3) is 9.05 Å². The Balaban J connectivity index is 0.000000247. The van der Waals surface area contributed by atoms with E-state index in [2.05, 4.69) is 15.9 Å². The van der Waals surface area contributed by atoms with Crippen molar-refractivity contribution < 1.29 is 83.1 Å². The van der Waals surface area contributed by atoms with E-state index in [9.17, 15) is 49.5 Å². The van der Waals surface area contributed by atoms with Crippen LogP contribution in [0.3, 0.4) is 0 Å². The van der Waals surface area contributed by atoms with Crippen LogP contribution < -0.4 is 25.7 Å². The summed E-state index contributed by atoms with van der Waals surface area (Å²) in [5.41, 5.74) is 20.2. The maximum atomic E-state index is 13.2. The highest BCUT2D eigenvalue weighted by Gasteiger charge is 2.25. The average molecular weight is 2000 g/mol. The van der Waals surface area contributed by atoms with E-state index in [1.165, 1.54) is 54.6 Å². The molecule has 0 aliphatic rings. The molecule has 31 heteroatoms. The number of benzene rings is 11. The first-order valence-electron chi connectivity index (χ1n) is 39.7. The number of phenolic OH excluding ortho intramolecular Hbond substituents is 1. The molecule has 0 bridgehead atoms. The Hall–Kier alpha value is -9.54. The zero-order valence-corrected chi connectivity index (χ0v) is 80.7. The van der Waals surface area contributed by atoms with Gasteiger partial charge in [0.1, 0.15) is 39.8 Å². The first-order valence-corrected chi connectivity index (χ1v) is 48.7. The normalized spacial score (nSPS) is 11.3. The first kappa shape index (κ1) is 106. The predicted octanol–water partition coefficient (Wildman–Crippen LogP) is 25.5. The Morgan fingerprint density at radius 3 is 0.913 bits per heavy atom. The maximum absolute atomic E-state index is 13.2. The molecule has 0 heterocycles. The molecule has 0 fully saturated rings. The fourth-order valence-electron chi connectivity index (χ4n) is 11.4. The highest BCUT2D eigenvalue weighted by molar-refractivity contribution is 9.09. The van der Waals surface area contributed by atoms with Crippen LogP contribution in [0.1, 0.15) is 125 Å². The van der Waals surface area contributed by atoms with Crippen LogP contribution in [-0.2, 0) is 73.6 Å². The zero-order valence-electron chi connectivity index (χ0n) is 71.4. The SMILES string of the molecule is CC(C)(C)OC(=O)CCCBr.CC(C)(C)OC(=O)CCCOc1ccc(-c2ccccc2)cc1CS(=O)(=O)c1cc(Cl)cc(Cl)c1.CC(C)(C)OC(=O)CCCOc1ccc(-c2ccccc2)cc1N.Nc1cc(-c2ccccc2)ccc1O.O=C(O)CCCOc1ccc(-c2ccccc2)cc1CS(=O)(=O)c1cc(Cl)cc(Cl)c1.O=S(=O)(Cl)c1cc(Cl)cc(Cl)c1. The highest BCUT2D eigenvalue weighted by Crippen LogP contribution is 2.37. The summed E-state index contributed by atoms with van der Waals surface area (Å²) in [6.07, 6.45) is 3.19. The number of rotatable bonds is 29. The predicted molar refractivity (Wildman–Crippen MR) is 515 cm³/mol. The van der Waals surface area contributed by atoms with Gasteiger partial charge in [-0.2, -0.15) is 0 Å². The summed E-state index contributed by atoms with van der Waals surface area (Å²) in [7, 11) is -6.22. The summed E-state index contributed by atoms with van der Waals surface area (Å²) < 4.78 is 107. The van der Waals surface area contributed by atoms with Gasteiger partial charge in [-0.05, 0) is 236 Å². The summed E-state index contributed by atoms with van der Waals surface area (Å²) in [6.45, 7) is 17.5. The van der Waals surface area contributed by atoms with Gasteiger partial charge in [-0.25, -0.2) is 25.3 Å². The standard InChI is InChI=1S/C27H28Cl2O5S.C23H20Cl2O5S.C20H25NO3.C12H11NO.C8H15BrO2.C6H3Cl3O2S/c1-27(2,3)34-26(30)10-7-13-33-25-12-11-20(19-8-5-4-6-9-19)14-21(25)18-35(31,32)24-16-22(28)15-23(29)17-24;24-19-12-20(25)14-21(13-19)31(28,29)15-18-11-17(16-5-2-1-3-6-16)8-9-22(18)30-10-4-7-23(26)27;1-20(2,3)24-19(22)10-7-13-23-18-12-11-16(14-17(18)21)15-8-5-4-6-9-15;13-11-8-10(6-7-12(11)14)9-4-2-1-3-5-9;1-8(2,3)11-7(10)5-4-6-9;7-4-1-5(8)3-6(2-4)12(9,10)11/h4-6,8-9,11-12,14-17H,7,10,13,18H2,1-3H3;1-3,5-6,8-9,11-14H,4,7,10,15H2,(H,26,27);4-6,8-9,11-12,14H,7,10,13,21H2,1-3H3;1-8,14H,13H2;4-6H2,1-3H3;1-3H. The lowest BCUT2D eigenvalue weighted by atomic mass is 10.0. The van der Waals surface area contributed by atoms with Gasteiger partial charge in [-0.1, -0.05) is 231 Å². The maximum Gasteiger partial charge on any atom is 0.306 e. The van der Waals surface area contributed by atoms with Gasteiger partial charge in [-0.15, -0.1) is 0 Å². The van der Waals surface area contributed by atoms with Crippen LogP contribution in [0.15, 0.2) is 263 Å². The number of carbonyl (C=O) groups is 4. The zero-order chi connectivity index (χ0) is 93.9. The molecule has 0 aromatic heterocycles. The van der Waals surface area contributed by atoms with Crippen molar-refractivity contribution in [2.75, 3.05) is 36.6 Å². The van der Waals surface area contributed by atoms with Gasteiger partial charge < -0.3 is 50.1 Å². The third-order valence-corrected chi connectivity index (χ3v) is 23.4. The summed E-state index contributed by atoms with van der Waals surface area (Å²) >= 11 is 38.4. The Morgan fingerprint density at radius 1 is 0.346 bits per heavy atom. The molecule has 678 valence electrons. The van der Waals surface area contributed by atoms with E-state index in [1.807, 2.05) is 226 Å². The van der Waals surface area contributed by atoms with Gasteiger partial charge in [0.2, 0.25) is 0 Å². The van der Waals surface area contributed by atoms with E-state index >= 15 is 0 Å². The number of phenols is 1. The van der Waals surface area contributed by atoms with Crippen molar-refractivity contribution in [1.82, 2.24) is 0 Å². The van der Waals surface area contributed by atoms with E-state index in [0.29, 0.717) is 78.5 Å². The Kier molecular flexibility index (Phi) is 42.7. The molecule has 0 saturated heterocycles. The van der Waals surface area contributed by atoms with E-state index in [0.717, 1.165) is 56.3 Å². The Morgan fingerprint density at radius 2 is 0.622 bits per heavy atom. The number of hydrogen-bond donors (Lipinski definition) is 4. The molecule has 0 radical (unpaired) electrons. The number of esters is 3. The molecular weight excluding hydrogens is 1890 g/mol. The third-order valence-electron chi connectivity index (χ3n) is 16.9. The summed E-state index contributed by atoms with van der Waals surface area (Å²) in [4.78, 5) is 45.3. The topological polar surface area (TPSA) is 319 Å². The van der Waals surface area contributed by atoms with Gasteiger partial charge in [0.15, 0.2) is 19.7 Å². The number of carbonyl (C=O) groups excluding carboxylic acids is 3. The van der Waals surface area contributed by atoms with Crippen LogP contribution in [0.2, 0.25) is 30.1 Å². The molecule has 0 atom stereocenters. The largest absolute Gasteiger partial charge is 0.506 e. The van der Waals surface area contributed by atoms with Gasteiger partial charge in [0.05, 0.1) is 57.4 Å². The summed E-state index contributed by atoms with van der Waals surface area (Å²) in [5.74, 6) is -0.569. The number of ether oxygens (including phenoxy) is 6. The minimum absolute atomic E-state index is 0.0203. The monoisotopic (exact) mass is 1990 g/mol. The van der Waals surface area contributed by atoms with Crippen molar-refractivity contribution in [3.8, 4) is 67.5 Å². The second-order valence-electron chi connectivity index (χ2n) is 31.2. The fraction of sp³-hybridized carbons (Fsp3) is 0.271. The number of sulfone groups is 2. The van der Waals surface area contributed by atoms with Crippen LogP contribution in [0.25, 0.3) is 44.5 Å². The number of nitrogens with two attached hydrogens (primary N) is 2. The number of nitrogen functional groups attached to an aromatic ring is 2. The lowest BCUT2D eigenvalue weighted by Gasteiger charge is -2.19. The lowest BCUT2D eigenvalue weighted by molar-refractivity contribution is -0.156. The molecule has 0 saturated carbocycles. The smallest absolute Gasteiger partial charge is 0.306 e. The second kappa shape index (κ2) is 51.0. The number of hydrogen-bond acceptors (Lipinski definition) is 19. The molecule has 127 heavy (non-hydrogen) atoms. The molecule has 11 rings (SSSR count). The van der Waals surface area contributed by atoms with Gasteiger partial charge >= 0.3 is 23.9 Å². The summed E-state index contributed by atoms with van der Waals surface area (Å²) in [5, 5.41) is 20.3. The molecule has 11 aromatic carbocycles. The molecule has 0 unspecified atom stereocenters. The van der Waals surface area contributed by atoms with Crippen LogP contribution in [0.5, 0.6) is 23.0 Å². The second-order valence-corrected chi connectivity index (χ2v) is 41.2. The van der Waals surface area contributed by atoms with Crippen LogP contribution in [0.4, 0.5) is 11.4 Å². The number of halogens is 8. The molecule has 0 aliphatic carbocycles. The number of aromatic hydroxyl groups is 1. The molecule has 11 aromatic rings. The number of aliphatic carboxylic acids is 1. The molecule has 0 aliphatic heterocycles. The minimum Gasteiger partial charge on any atom is -0.506 e. The van der Waals surface area contributed by atoms with E-state index in [-0.39, 0.29) is 112 Å². The van der Waals surface area contributed by atoms with Crippen LogP contribution >= 0.6 is 96.2 Å². The quantitative estimate of drug-likeness (QED) is 0.00643. The van der Waals surface area contributed by atoms with Crippen LogP contribution in [0, 0.1) is 0 Å². The first-order chi connectivity index (χ1) is 59.6. The van der Waals surface area contributed by atoms with Gasteiger partial charge in [-0.3, -0.25) is 19.2 Å². The number of alkyl halides is 1. The van der Waals surface area contributed by atoms with Gasteiger partial charge in [0, 0.05) is 83.0 Å². The van der Waals surface area contributed by atoms with Crippen molar-refractivity contribution in [2.45, 2.75) is 157 Å². The molecule has 0 spiro atoms. The van der Waals surface area contributed by atoms with Crippen molar-refractivity contribution in [1.29, 1.82) is 0 Å². The Labute approximate surface area is 787 Å². The fourth-order valence-corrected chi connectivity index (χ4v) is 17.3. The summed E-state index contributed by atoms with van der Waals surface area (Å²) in [6, 6.07) is 73.2. The third kappa shape index (κ3) is 40.3. The molecule has 6 N–H and O–H groups in total. The average Bonchev–Trinajstić information content (AvgIpc) is 0.801.